The molecule has 5 aliphatic rings. The first kappa shape index (κ1) is 24.4. The summed E-state index contributed by atoms with van der Waals surface area (Å²) in [6, 6.07) is 17.0. The average molecular weight is 574 g/mol. The van der Waals surface area contributed by atoms with Crippen LogP contribution in [0.15, 0.2) is 60.8 Å². The van der Waals surface area contributed by atoms with Crippen molar-refractivity contribution in [2.24, 2.45) is 11.3 Å². The summed E-state index contributed by atoms with van der Waals surface area (Å²) < 4.78 is 39.4. The van der Waals surface area contributed by atoms with Crippen molar-refractivity contribution in [3.63, 3.8) is 0 Å². The number of benzene rings is 2. The van der Waals surface area contributed by atoms with Crippen molar-refractivity contribution in [3.05, 3.63) is 71.6 Å². The second-order valence-electron chi connectivity index (χ2n) is 12.2. The smallest absolute Gasteiger partial charge is 0.223 e. The third kappa shape index (κ3) is 3.95. The largest absolute Gasteiger partial charge is 0.353 e. The van der Waals surface area contributed by atoms with Gasteiger partial charge in [0.25, 0.3) is 0 Å². The highest BCUT2D eigenvalue weighted by molar-refractivity contribution is 7.92. The maximum atomic E-state index is 16.0. The van der Waals surface area contributed by atoms with Gasteiger partial charge in [0, 0.05) is 34.3 Å². The van der Waals surface area contributed by atoms with E-state index in [9.17, 15) is 8.42 Å². The fraction of sp³-hybridized carbons (Fsp3) is 0.367. The fourth-order valence-electron chi connectivity index (χ4n) is 7.08. The van der Waals surface area contributed by atoms with Crippen LogP contribution in [0.1, 0.15) is 37.1 Å². The summed E-state index contributed by atoms with van der Waals surface area (Å²) in [7, 11) is -2.85. The van der Waals surface area contributed by atoms with Gasteiger partial charge in [-0.1, -0.05) is 24.3 Å². The van der Waals surface area contributed by atoms with Crippen molar-refractivity contribution in [3.8, 4) is 21.8 Å². The molecule has 7 nitrogen and oxygen atoms in total. The normalized spacial score (nSPS) is 25.3. The number of para-hydroxylation sites is 1. The molecule has 2 N–H and O–H groups in total. The molecule has 2 aromatic carbocycles. The quantitative estimate of drug-likeness (QED) is 0.272. The molecule has 0 radical (unpaired) electrons. The molecule has 1 aliphatic heterocycles. The van der Waals surface area contributed by atoms with E-state index in [1.807, 2.05) is 42.5 Å². The Morgan fingerprint density at radius 1 is 0.925 bits per heavy atom. The predicted molar refractivity (Wildman–Crippen MR) is 155 cm³/mol. The van der Waals surface area contributed by atoms with E-state index in [1.165, 1.54) is 0 Å². The van der Waals surface area contributed by atoms with E-state index in [0.29, 0.717) is 40.1 Å². The molecule has 40 heavy (non-hydrogen) atoms. The maximum Gasteiger partial charge on any atom is 0.223 e. The minimum absolute atomic E-state index is 0.0626. The second kappa shape index (κ2) is 8.57. The Balaban J connectivity index is 1.12. The summed E-state index contributed by atoms with van der Waals surface area (Å²) in [5, 5.41) is 7.67. The van der Waals surface area contributed by atoms with Crippen molar-refractivity contribution in [1.29, 1.82) is 0 Å². The van der Waals surface area contributed by atoms with Gasteiger partial charge in [0.1, 0.15) is 5.01 Å². The van der Waals surface area contributed by atoms with Gasteiger partial charge in [-0.2, -0.15) is 0 Å². The van der Waals surface area contributed by atoms with Crippen molar-refractivity contribution >= 4 is 38.5 Å². The van der Waals surface area contributed by atoms with Crippen LogP contribution in [0.5, 0.6) is 0 Å². The van der Waals surface area contributed by atoms with Gasteiger partial charge in [-0.05, 0) is 68.4 Å². The fourth-order valence-corrected chi connectivity index (χ4v) is 10.6. The lowest BCUT2D eigenvalue weighted by Crippen LogP contribution is -2.60. The molecule has 4 saturated carbocycles. The molecule has 0 amide bonds. The molecule has 3 heterocycles. The van der Waals surface area contributed by atoms with Gasteiger partial charge in [0.05, 0.1) is 33.5 Å². The van der Waals surface area contributed by atoms with Gasteiger partial charge in [-0.3, -0.25) is 0 Å². The number of thiazole rings is 1. The zero-order valence-electron chi connectivity index (χ0n) is 21.7. The Labute approximate surface area is 236 Å². The molecule has 5 fully saturated rings. The summed E-state index contributed by atoms with van der Waals surface area (Å²) in [5.74, 6) is 1.55. The van der Waals surface area contributed by atoms with E-state index in [2.05, 4.69) is 15.6 Å². The first-order chi connectivity index (χ1) is 19.3. The summed E-state index contributed by atoms with van der Waals surface area (Å²) in [6.45, 7) is 0. The SMILES string of the molecule is O=S1(=O)CC2(CC(Nc3nccc(-c4sc(C56CC(C5)C6)nc4-c4cccc(Nc5ccccc5)c4F)n3)C2)C1. The third-order valence-electron chi connectivity index (χ3n) is 9.06. The number of rotatable bonds is 7. The number of aromatic nitrogens is 3. The van der Waals surface area contributed by atoms with Gasteiger partial charge in [0.2, 0.25) is 5.95 Å². The van der Waals surface area contributed by atoms with Gasteiger partial charge in [-0.25, -0.2) is 27.8 Å². The van der Waals surface area contributed by atoms with E-state index in [0.717, 1.165) is 53.6 Å². The van der Waals surface area contributed by atoms with Crippen LogP contribution in [-0.4, -0.2) is 40.9 Å². The van der Waals surface area contributed by atoms with Crippen LogP contribution in [0.25, 0.3) is 21.8 Å². The predicted octanol–water partition coefficient (Wildman–Crippen LogP) is 6.19. The molecule has 1 spiro atoms. The van der Waals surface area contributed by atoms with E-state index >= 15 is 4.39 Å². The molecule has 10 heteroatoms. The maximum absolute atomic E-state index is 16.0. The molecular formula is C30H28FN5O2S2. The minimum atomic E-state index is -2.85. The van der Waals surface area contributed by atoms with Crippen molar-refractivity contribution in [1.82, 2.24) is 15.0 Å². The Morgan fingerprint density at radius 3 is 2.40 bits per heavy atom. The number of hydrogen-bond donors (Lipinski definition) is 2. The molecule has 4 aromatic rings. The first-order valence-electron chi connectivity index (χ1n) is 13.7. The monoisotopic (exact) mass is 573 g/mol. The van der Waals surface area contributed by atoms with E-state index in [-0.39, 0.29) is 22.7 Å². The van der Waals surface area contributed by atoms with Crippen LogP contribution < -0.4 is 10.6 Å². The third-order valence-corrected chi connectivity index (χ3v) is 12.5. The molecule has 0 unspecified atom stereocenters. The van der Waals surface area contributed by atoms with Crippen LogP contribution >= 0.6 is 11.3 Å². The second-order valence-corrected chi connectivity index (χ2v) is 15.2. The molecule has 1 saturated heterocycles. The van der Waals surface area contributed by atoms with Crippen molar-refractivity contribution in [2.75, 3.05) is 22.1 Å². The van der Waals surface area contributed by atoms with Crippen molar-refractivity contribution < 1.29 is 12.8 Å². The van der Waals surface area contributed by atoms with Crippen LogP contribution in [0.2, 0.25) is 0 Å². The Morgan fingerprint density at radius 2 is 1.70 bits per heavy atom. The Hall–Kier alpha value is -3.37. The van der Waals surface area contributed by atoms with Gasteiger partial charge < -0.3 is 10.6 Å². The van der Waals surface area contributed by atoms with Gasteiger partial charge >= 0.3 is 0 Å². The number of anilines is 3. The molecular weight excluding hydrogens is 545 g/mol. The Kier molecular flexibility index (Phi) is 5.23. The molecule has 0 atom stereocenters. The number of hydrogen-bond acceptors (Lipinski definition) is 8. The zero-order chi connectivity index (χ0) is 27.1. The summed E-state index contributed by atoms with van der Waals surface area (Å²) in [6.07, 6.45) is 6.83. The number of nitrogens with zero attached hydrogens (tertiary/aromatic N) is 3. The topological polar surface area (TPSA) is 96.9 Å². The van der Waals surface area contributed by atoms with Gasteiger partial charge in [0.15, 0.2) is 15.7 Å². The standard InChI is InChI=1S/C30H28FN5O2S2/c31-24-21(7-4-8-22(24)33-19-5-2-1-3-6-19)25-26(39-27(36-25)30-11-18(12-30)13-30)23-9-10-32-28(35-23)34-20-14-29(15-20)16-40(37,38)17-29/h1-10,18,20,33H,11-17H2,(H,32,34,35). The average Bonchev–Trinajstić information content (AvgIpc) is 3.27. The van der Waals surface area contributed by atoms with Crippen molar-refractivity contribution in [2.45, 2.75) is 43.6 Å². The lowest BCUT2D eigenvalue weighted by atomic mass is 9.45. The summed E-state index contributed by atoms with van der Waals surface area (Å²) >= 11 is 1.62. The van der Waals surface area contributed by atoms with Gasteiger partial charge in [-0.15, -0.1) is 11.3 Å². The van der Waals surface area contributed by atoms with E-state index < -0.39 is 9.84 Å². The number of nitrogens with one attached hydrogen (secondary N) is 2. The van der Waals surface area contributed by atoms with Crippen LogP contribution in [0.3, 0.4) is 0 Å². The Bertz CT molecular complexity index is 1720. The van der Waals surface area contributed by atoms with Crippen LogP contribution in [0, 0.1) is 17.2 Å². The molecule has 2 aromatic heterocycles. The molecule has 2 bridgehead atoms. The summed E-state index contributed by atoms with van der Waals surface area (Å²) in [4.78, 5) is 15.2. The first-order valence-corrected chi connectivity index (χ1v) is 16.4. The minimum Gasteiger partial charge on any atom is -0.353 e. The molecule has 4 aliphatic carbocycles. The highest BCUT2D eigenvalue weighted by Crippen LogP contribution is 2.66. The van der Waals surface area contributed by atoms with E-state index in [1.54, 1.807) is 29.7 Å². The lowest BCUT2D eigenvalue weighted by molar-refractivity contribution is -0.0274. The number of halogens is 1. The highest BCUT2D eigenvalue weighted by Gasteiger charge is 2.59. The van der Waals surface area contributed by atoms with Crippen LogP contribution in [-0.2, 0) is 15.3 Å². The summed E-state index contributed by atoms with van der Waals surface area (Å²) in [5.41, 5.74) is 3.07. The molecule has 204 valence electrons. The molecule has 9 rings (SSSR count). The highest BCUT2D eigenvalue weighted by atomic mass is 32.2. The van der Waals surface area contributed by atoms with E-state index in [4.69, 9.17) is 9.97 Å². The number of sulfone groups is 1. The van der Waals surface area contributed by atoms with Crippen LogP contribution in [0.4, 0.5) is 21.7 Å². The zero-order valence-corrected chi connectivity index (χ0v) is 23.4. The lowest BCUT2D eigenvalue weighted by Gasteiger charge is -2.60.